The number of alkyl carbamates (subject to hydrolysis) is 2. The normalized spacial score (nSPS) is 21.3. The predicted octanol–water partition coefficient (Wildman–Crippen LogP) is 4.29. The van der Waals surface area contributed by atoms with Crippen molar-refractivity contribution < 1.29 is 57.1 Å². The number of ether oxygens (including phenoxy) is 7. The van der Waals surface area contributed by atoms with Crippen molar-refractivity contribution >= 4 is 47.1 Å². The molecule has 2 aliphatic rings. The van der Waals surface area contributed by atoms with Crippen molar-refractivity contribution in [2.24, 2.45) is 5.73 Å². The van der Waals surface area contributed by atoms with Crippen molar-refractivity contribution in [3.05, 3.63) is 12.7 Å². The largest absolute Gasteiger partial charge is 0.458 e. The molecule has 0 aliphatic carbocycles. The van der Waals surface area contributed by atoms with E-state index >= 15 is 0 Å². The maximum absolute atomic E-state index is 13.5. The summed E-state index contributed by atoms with van der Waals surface area (Å²) in [5, 5.41) is 7.84. The first-order valence-electron chi connectivity index (χ1n) is 20.3. The highest BCUT2D eigenvalue weighted by molar-refractivity contribution is 5.93. The molecule has 2 fully saturated rings. The third kappa shape index (κ3) is 14.9. The van der Waals surface area contributed by atoms with E-state index in [9.17, 15) is 24.0 Å². The minimum absolute atomic E-state index is 0.0365. The molecule has 4 amide bonds. The molecule has 0 spiro atoms. The van der Waals surface area contributed by atoms with Crippen molar-refractivity contribution in [2.45, 2.75) is 175 Å². The van der Waals surface area contributed by atoms with Crippen LogP contribution in [0.1, 0.15) is 116 Å². The molecule has 21 heteroatoms. The second-order valence-electron chi connectivity index (χ2n) is 19.5. The Morgan fingerprint density at radius 3 is 1.80 bits per heavy atom. The maximum Gasteiger partial charge on any atom is 0.413 e. The van der Waals surface area contributed by atoms with Crippen LogP contribution in [0.15, 0.2) is 12.7 Å². The maximum atomic E-state index is 13.5. The standard InChI is InChI=1S/C40H65N9O12/c1-36(2,3)58-32(51)23(46-34(53)60-38(7,8)9)16-18-48(17-15-22(28(41)50)45-33(52)59-37(4,5)6)19-24-26-27(57-40(13,14)56-26)31(55-24)49-21-44-25-29(42-20-43-30(25)49)47-35(54)61-39(10,11)12/h20-24,26-27,31H,15-19H2,1-14H3,(H2,41,50)(H,45,52)(H,46,53)(H,42,43,47,54)/t22-,23-,24+,26+,27+,31+/m0/s1. The average molecular weight is 864 g/mol. The van der Waals surface area contributed by atoms with Crippen LogP contribution >= 0.6 is 0 Å². The Balaban J connectivity index is 1.65. The second-order valence-corrected chi connectivity index (χ2v) is 19.5. The molecule has 0 unspecified atom stereocenters. The van der Waals surface area contributed by atoms with E-state index in [-0.39, 0.29) is 43.8 Å². The zero-order valence-corrected chi connectivity index (χ0v) is 37.9. The van der Waals surface area contributed by atoms with Crippen LogP contribution in [0.25, 0.3) is 11.2 Å². The summed E-state index contributed by atoms with van der Waals surface area (Å²) >= 11 is 0. The monoisotopic (exact) mass is 863 g/mol. The summed E-state index contributed by atoms with van der Waals surface area (Å²) in [6.07, 6.45) is -2.33. The minimum atomic E-state index is -1.14. The van der Waals surface area contributed by atoms with Gasteiger partial charge in [0.05, 0.1) is 6.33 Å². The smallest absolute Gasteiger partial charge is 0.413 e. The molecule has 0 bridgehead atoms. The quantitative estimate of drug-likeness (QED) is 0.153. The van der Waals surface area contributed by atoms with Crippen LogP contribution in [0.4, 0.5) is 20.2 Å². The number of imidazole rings is 1. The second kappa shape index (κ2) is 18.6. The van der Waals surface area contributed by atoms with Crippen LogP contribution in [0.2, 0.25) is 0 Å². The highest BCUT2D eigenvalue weighted by Gasteiger charge is 2.56. The van der Waals surface area contributed by atoms with E-state index in [2.05, 4.69) is 30.9 Å². The van der Waals surface area contributed by atoms with Crippen molar-refractivity contribution in [1.29, 1.82) is 0 Å². The van der Waals surface area contributed by atoms with E-state index in [1.165, 1.54) is 12.7 Å². The van der Waals surface area contributed by atoms with Crippen molar-refractivity contribution in [2.75, 3.05) is 25.0 Å². The molecule has 2 saturated heterocycles. The number of nitrogens with one attached hydrogen (secondary N) is 3. The number of carbonyl (C=O) groups is 5. The number of primary amides is 1. The highest BCUT2D eigenvalue weighted by atomic mass is 16.8. The molecule has 4 heterocycles. The van der Waals surface area contributed by atoms with Crippen LogP contribution < -0.4 is 21.7 Å². The number of anilines is 1. The van der Waals surface area contributed by atoms with Crippen LogP contribution in [0.3, 0.4) is 0 Å². The van der Waals surface area contributed by atoms with E-state index in [4.69, 9.17) is 38.9 Å². The third-order valence-corrected chi connectivity index (χ3v) is 8.70. The van der Waals surface area contributed by atoms with Gasteiger partial charge in [0.15, 0.2) is 29.0 Å². The Morgan fingerprint density at radius 2 is 1.26 bits per heavy atom. The summed E-state index contributed by atoms with van der Waals surface area (Å²) < 4.78 is 43.1. The molecule has 6 atom stereocenters. The Morgan fingerprint density at radius 1 is 0.754 bits per heavy atom. The van der Waals surface area contributed by atoms with Crippen LogP contribution in [0, 0.1) is 0 Å². The summed E-state index contributed by atoms with van der Waals surface area (Å²) in [6.45, 7) is 24.5. The number of nitrogens with two attached hydrogens (primary N) is 1. The summed E-state index contributed by atoms with van der Waals surface area (Å²) in [5.41, 5.74) is 3.07. The number of hydrogen-bond acceptors (Lipinski definition) is 16. The first-order valence-corrected chi connectivity index (χ1v) is 20.3. The van der Waals surface area contributed by atoms with Gasteiger partial charge >= 0.3 is 24.2 Å². The number of carbonyl (C=O) groups excluding carboxylic acids is 5. The predicted molar refractivity (Wildman–Crippen MR) is 220 cm³/mol. The van der Waals surface area contributed by atoms with Gasteiger partial charge in [-0.2, -0.15) is 0 Å². The number of aromatic nitrogens is 4. The fourth-order valence-corrected chi connectivity index (χ4v) is 6.54. The number of fused-ring (bicyclic) bond motifs is 2. The molecule has 61 heavy (non-hydrogen) atoms. The van der Waals surface area contributed by atoms with E-state index < -0.39 is 95.0 Å². The van der Waals surface area contributed by atoms with Gasteiger partial charge in [-0.25, -0.2) is 34.1 Å². The molecule has 0 saturated carbocycles. The van der Waals surface area contributed by atoms with E-state index in [1.807, 2.05) is 4.90 Å². The summed E-state index contributed by atoms with van der Waals surface area (Å²) in [4.78, 5) is 79.5. The highest BCUT2D eigenvalue weighted by Crippen LogP contribution is 2.44. The van der Waals surface area contributed by atoms with Crippen molar-refractivity contribution in [3.63, 3.8) is 0 Å². The van der Waals surface area contributed by atoms with E-state index in [1.54, 1.807) is 101 Å². The minimum Gasteiger partial charge on any atom is -0.458 e. The van der Waals surface area contributed by atoms with Crippen molar-refractivity contribution in [1.82, 2.24) is 35.1 Å². The number of esters is 1. The average Bonchev–Trinajstić information content (AvgIpc) is 3.72. The molecular weight excluding hydrogens is 798 g/mol. The van der Waals surface area contributed by atoms with Crippen LogP contribution in [-0.2, 0) is 42.7 Å². The molecule has 21 nitrogen and oxygen atoms in total. The lowest BCUT2D eigenvalue weighted by molar-refractivity contribution is -0.198. The van der Waals surface area contributed by atoms with Crippen LogP contribution in [0.5, 0.6) is 0 Å². The van der Waals surface area contributed by atoms with Gasteiger partial charge in [-0.1, -0.05) is 0 Å². The first-order chi connectivity index (χ1) is 27.9. The molecule has 2 aromatic rings. The van der Waals surface area contributed by atoms with Gasteiger partial charge in [0, 0.05) is 19.6 Å². The van der Waals surface area contributed by atoms with Gasteiger partial charge < -0.3 is 54.4 Å². The van der Waals surface area contributed by atoms with Gasteiger partial charge in [-0.15, -0.1) is 0 Å². The summed E-state index contributed by atoms with van der Waals surface area (Å²) in [6, 6.07) is -2.27. The van der Waals surface area contributed by atoms with Gasteiger partial charge in [0.25, 0.3) is 0 Å². The van der Waals surface area contributed by atoms with Gasteiger partial charge in [-0.05, 0) is 110 Å². The molecule has 2 aromatic heterocycles. The number of nitrogens with zero attached hydrogens (tertiary/aromatic N) is 5. The van der Waals surface area contributed by atoms with E-state index in [0.717, 1.165) is 0 Å². The number of amides is 4. The number of rotatable bonds is 14. The lowest BCUT2D eigenvalue weighted by Gasteiger charge is -2.31. The SMILES string of the molecule is CC(C)(C)OC(=O)Nc1ncnc2c1ncn2[C@@H]1O[C@H](CN(CC[C@H](NC(=O)OC(C)(C)C)C(N)=O)CC[C@H](NC(=O)OC(C)(C)C)C(=O)OC(C)(C)C)[C@H]2OC(C)(C)O[C@H]21. The molecule has 342 valence electrons. The molecule has 0 radical (unpaired) electrons. The van der Waals surface area contributed by atoms with E-state index in [0.29, 0.717) is 5.65 Å². The van der Waals surface area contributed by atoms with Gasteiger partial charge in [-0.3, -0.25) is 14.7 Å². The van der Waals surface area contributed by atoms with Crippen LogP contribution in [-0.4, -0.2) is 133 Å². The molecular formula is C40H65N9O12. The summed E-state index contributed by atoms with van der Waals surface area (Å²) in [7, 11) is 0. The van der Waals surface area contributed by atoms with Crippen molar-refractivity contribution in [3.8, 4) is 0 Å². The Hall–Kier alpha value is -4.86. The molecule has 5 N–H and O–H groups in total. The number of hydrogen-bond donors (Lipinski definition) is 4. The fraction of sp³-hybridized carbons (Fsp3) is 0.750. The Bertz CT molecular complexity index is 1890. The molecule has 2 aliphatic heterocycles. The lowest BCUT2D eigenvalue weighted by Crippen LogP contribution is -2.50. The zero-order chi connectivity index (χ0) is 45.9. The summed E-state index contributed by atoms with van der Waals surface area (Å²) in [5.74, 6) is -2.36. The zero-order valence-electron chi connectivity index (χ0n) is 37.9. The van der Waals surface area contributed by atoms with Gasteiger partial charge in [0.1, 0.15) is 59.1 Å². The third-order valence-electron chi connectivity index (χ3n) is 8.70. The lowest BCUT2D eigenvalue weighted by atomic mass is 10.1. The molecule has 0 aromatic carbocycles. The Kier molecular flexibility index (Phi) is 14.9. The molecule has 4 rings (SSSR count). The van der Waals surface area contributed by atoms with Gasteiger partial charge in [0.2, 0.25) is 5.91 Å². The Labute approximate surface area is 356 Å². The topological polar surface area (TPSA) is 259 Å². The first kappa shape index (κ1) is 48.8. The fourth-order valence-electron chi connectivity index (χ4n) is 6.54.